The normalized spacial score (nSPS) is 17.1. The van der Waals surface area contributed by atoms with Crippen LogP contribution in [-0.2, 0) is 17.8 Å². The molecule has 30 heavy (non-hydrogen) atoms. The van der Waals surface area contributed by atoms with Crippen LogP contribution in [0.25, 0.3) is 0 Å². The first-order valence-corrected chi connectivity index (χ1v) is 11.0. The molecule has 2 amide bonds. The predicted octanol–water partition coefficient (Wildman–Crippen LogP) is 4.40. The summed E-state index contributed by atoms with van der Waals surface area (Å²) in [6.45, 7) is 3.84. The number of benzene rings is 2. The van der Waals surface area contributed by atoms with Gasteiger partial charge in [-0.15, -0.1) is 0 Å². The van der Waals surface area contributed by atoms with Crippen LogP contribution in [0.15, 0.2) is 54.6 Å². The maximum atomic E-state index is 12.8. The van der Waals surface area contributed by atoms with Gasteiger partial charge in [-0.1, -0.05) is 49.4 Å². The molecule has 1 aliphatic rings. The number of nitrogens with zero attached hydrogens (tertiary/aromatic N) is 3. The van der Waals surface area contributed by atoms with Gasteiger partial charge < -0.3 is 9.84 Å². The molecule has 8 heteroatoms. The van der Waals surface area contributed by atoms with E-state index in [1.807, 2.05) is 49.4 Å². The third kappa shape index (κ3) is 5.85. The average Bonchev–Trinajstić information content (AvgIpc) is 2.76. The lowest BCUT2D eigenvalue weighted by atomic mass is 10.1. The van der Waals surface area contributed by atoms with Gasteiger partial charge in [-0.05, 0) is 36.1 Å². The summed E-state index contributed by atoms with van der Waals surface area (Å²) in [4.78, 5) is 27.3. The fourth-order valence-electron chi connectivity index (χ4n) is 3.52. The lowest BCUT2D eigenvalue weighted by Crippen LogP contribution is -2.64. The number of phenolic OH excluding ortho intramolecular Hbond substituents is 1. The summed E-state index contributed by atoms with van der Waals surface area (Å²) in [6.07, 6.45) is 0.930. The molecule has 1 N–H and O–H groups in total. The largest absolute Gasteiger partial charge is 0.508 e. The molecular formula is C22H26IN3O4. The van der Waals surface area contributed by atoms with Crippen molar-refractivity contribution in [2.45, 2.75) is 32.4 Å². The Labute approximate surface area is 190 Å². The summed E-state index contributed by atoms with van der Waals surface area (Å²) in [7, 11) is 0. The maximum absolute atomic E-state index is 12.8. The van der Waals surface area contributed by atoms with Gasteiger partial charge in [0.25, 0.3) is 0 Å². The molecule has 0 bridgehead atoms. The van der Waals surface area contributed by atoms with Gasteiger partial charge in [0.05, 0.1) is 12.7 Å². The van der Waals surface area contributed by atoms with Crippen molar-refractivity contribution in [3.8, 4) is 5.75 Å². The zero-order valence-corrected chi connectivity index (χ0v) is 19.1. The summed E-state index contributed by atoms with van der Waals surface area (Å²) >= 11 is 1.71. The van der Waals surface area contributed by atoms with E-state index in [0.717, 1.165) is 17.5 Å². The van der Waals surface area contributed by atoms with Gasteiger partial charge in [-0.2, -0.15) is 0 Å². The molecule has 2 aromatic carbocycles. The topological polar surface area (TPSA) is 73.3 Å². The van der Waals surface area contributed by atoms with E-state index in [1.54, 1.807) is 34.7 Å². The molecule has 160 valence electrons. The van der Waals surface area contributed by atoms with Crippen LogP contribution in [0.1, 0.15) is 24.5 Å². The molecular weight excluding hydrogens is 497 g/mol. The zero-order chi connectivity index (χ0) is 21.5. The molecule has 1 atom stereocenters. The first kappa shape index (κ1) is 22.4. The SMILES string of the molecule is CCC1CN(CCc2cccc(O)c2)CN(C(=O)I)N1C(=O)OCc1ccccc1. The Balaban J connectivity index is 1.65. The Bertz CT molecular complexity index is 864. The predicted molar refractivity (Wildman–Crippen MR) is 122 cm³/mol. The molecule has 1 heterocycles. The van der Waals surface area contributed by atoms with Crippen molar-refractivity contribution in [1.82, 2.24) is 14.9 Å². The Kier molecular flexibility index (Phi) is 7.92. The second-order valence-corrected chi connectivity index (χ2v) is 8.16. The molecule has 2 aromatic rings. The van der Waals surface area contributed by atoms with E-state index < -0.39 is 6.09 Å². The second-order valence-electron chi connectivity index (χ2n) is 7.24. The van der Waals surface area contributed by atoms with E-state index in [-0.39, 0.29) is 22.3 Å². The van der Waals surface area contributed by atoms with Crippen LogP contribution in [0.3, 0.4) is 0 Å². The van der Waals surface area contributed by atoms with Gasteiger partial charge in [0.15, 0.2) is 0 Å². The summed E-state index contributed by atoms with van der Waals surface area (Å²) in [5, 5.41) is 12.6. The number of carbonyl (C=O) groups is 2. The molecule has 0 spiro atoms. The Hall–Kier alpha value is -2.33. The van der Waals surface area contributed by atoms with Gasteiger partial charge in [-0.3, -0.25) is 9.69 Å². The number of hydrogen-bond acceptors (Lipinski definition) is 5. The highest BCUT2D eigenvalue weighted by Gasteiger charge is 2.38. The van der Waals surface area contributed by atoms with Crippen LogP contribution in [0, 0.1) is 0 Å². The smallest absolute Gasteiger partial charge is 0.429 e. The van der Waals surface area contributed by atoms with Crippen molar-refractivity contribution in [3.63, 3.8) is 0 Å². The Morgan fingerprint density at radius 2 is 1.87 bits per heavy atom. The van der Waals surface area contributed by atoms with Crippen molar-refractivity contribution in [2.75, 3.05) is 19.8 Å². The molecule has 1 aliphatic heterocycles. The van der Waals surface area contributed by atoms with Crippen LogP contribution in [0.4, 0.5) is 9.59 Å². The minimum atomic E-state index is -0.511. The average molecular weight is 523 g/mol. The number of ether oxygens (including phenoxy) is 1. The molecule has 1 saturated heterocycles. The van der Waals surface area contributed by atoms with Crippen molar-refractivity contribution in [2.24, 2.45) is 0 Å². The molecule has 0 radical (unpaired) electrons. The van der Waals surface area contributed by atoms with E-state index in [1.165, 1.54) is 10.0 Å². The van der Waals surface area contributed by atoms with E-state index in [9.17, 15) is 14.7 Å². The van der Waals surface area contributed by atoms with Crippen LogP contribution in [-0.4, -0.2) is 55.8 Å². The van der Waals surface area contributed by atoms with Crippen LogP contribution >= 0.6 is 22.6 Å². The monoisotopic (exact) mass is 523 g/mol. The Morgan fingerprint density at radius 3 is 2.53 bits per heavy atom. The number of halogens is 1. The second kappa shape index (κ2) is 10.6. The van der Waals surface area contributed by atoms with E-state index in [4.69, 9.17) is 4.74 Å². The zero-order valence-electron chi connectivity index (χ0n) is 16.9. The summed E-state index contributed by atoms with van der Waals surface area (Å²) in [5.74, 6) is 0.244. The Morgan fingerprint density at radius 1 is 1.13 bits per heavy atom. The van der Waals surface area contributed by atoms with Crippen molar-refractivity contribution in [3.05, 3.63) is 65.7 Å². The lowest BCUT2D eigenvalue weighted by molar-refractivity contribution is -0.0861. The van der Waals surface area contributed by atoms with E-state index in [0.29, 0.717) is 26.2 Å². The number of phenols is 1. The third-order valence-corrected chi connectivity index (χ3v) is 5.66. The molecule has 1 fully saturated rings. The lowest BCUT2D eigenvalue weighted by Gasteiger charge is -2.46. The molecule has 7 nitrogen and oxygen atoms in total. The molecule has 0 aromatic heterocycles. The highest BCUT2D eigenvalue weighted by molar-refractivity contribution is 14.1. The molecule has 0 saturated carbocycles. The fourth-order valence-corrected chi connectivity index (χ4v) is 3.91. The summed E-state index contributed by atoms with van der Waals surface area (Å²) in [5.41, 5.74) is 1.93. The molecule has 3 rings (SSSR count). The standard InChI is InChI=1S/C22H26IN3O4/c1-2-19-14-24(12-11-17-9-6-10-20(27)13-17)16-25(21(23)28)26(19)22(29)30-15-18-7-4-3-5-8-18/h3-10,13,19,27H,2,11-12,14-16H2,1H3. The highest BCUT2D eigenvalue weighted by Crippen LogP contribution is 2.22. The fraction of sp³-hybridized carbons (Fsp3) is 0.364. The van der Waals surface area contributed by atoms with E-state index >= 15 is 0 Å². The maximum Gasteiger partial charge on any atom is 0.429 e. The van der Waals surface area contributed by atoms with Gasteiger partial charge in [0.1, 0.15) is 12.4 Å². The number of aromatic hydroxyl groups is 1. The first-order chi connectivity index (χ1) is 14.5. The van der Waals surface area contributed by atoms with Crippen LogP contribution < -0.4 is 0 Å². The minimum absolute atomic E-state index is 0.162. The summed E-state index contributed by atoms with van der Waals surface area (Å²) in [6, 6.07) is 16.5. The quantitative estimate of drug-likeness (QED) is 0.346. The third-order valence-electron chi connectivity index (χ3n) is 5.10. The number of rotatable bonds is 6. The van der Waals surface area contributed by atoms with Gasteiger partial charge >= 0.3 is 10.0 Å². The minimum Gasteiger partial charge on any atom is -0.508 e. The van der Waals surface area contributed by atoms with Crippen molar-refractivity contribution >= 4 is 32.6 Å². The molecule has 1 unspecified atom stereocenters. The van der Waals surface area contributed by atoms with Gasteiger partial charge in [0, 0.05) is 35.7 Å². The van der Waals surface area contributed by atoms with Gasteiger partial charge in [0.2, 0.25) is 0 Å². The number of amides is 2. The molecule has 0 aliphatic carbocycles. The van der Waals surface area contributed by atoms with Crippen LogP contribution in [0.2, 0.25) is 0 Å². The number of carbonyl (C=O) groups excluding carboxylic acids is 2. The van der Waals surface area contributed by atoms with Crippen LogP contribution in [0.5, 0.6) is 5.75 Å². The highest BCUT2D eigenvalue weighted by atomic mass is 127. The summed E-state index contributed by atoms with van der Waals surface area (Å²) < 4.78 is 5.27. The van der Waals surface area contributed by atoms with Gasteiger partial charge in [-0.25, -0.2) is 14.8 Å². The van der Waals surface area contributed by atoms with Crippen molar-refractivity contribution < 1.29 is 19.4 Å². The van der Waals surface area contributed by atoms with E-state index in [2.05, 4.69) is 4.90 Å². The van der Waals surface area contributed by atoms with Crippen molar-refractivity contribution in [1.29, 1.82) is 0 Å². The first-order valence-electron chi connectivity index (χ1n) is 9.95. The number of hydrogen-bond donors (Lipinski definition) is 1. The number of hydrazine groups is 1.